The van der Waals surface area contributed by atoms with Crippen molar-refractivity contribution in [2.45, 2.75) is 58.5 Å². The Morgan fingerprint density at radius 2 is 1.86 bits per heavy atom. The molecule has 2 N–H and O–H groups in total. The number of hydrogen-bond acceptors (Lipinski definition) is 7. The first-order valence-corrected chi connectivity index (χ1v) is 13.7. The molecule has 0 aliphatic heterocycles. The van der Waals surface area contributed by atoms with Crippen LogP contribution in [0.2, 0.25) is 5.02 Å². The number of hydrogen-bond donors (Lipinski definition) is 2. The maximum Gasteiger partial charge on any atom is 0.263 e. The van der Waals surface area contributed by atoms with Crippen molar-refractivity contribution in [3.8, 4) is 12.1 Å². The number of halogens is 4. The van der Waals surface area contributed by atoms with E-state index in [9.17, 15) is 19.3 Å². The van der Waals surface area contributed by atoms with Gasteiger partial charge in [-0.2, -0.15) is 14.9 Å². The van der Waals surface area contributed by atoms with E-state index in [-0.39, 0.29) is 29.0 Å². The fourth-order valence-corrected chi connectivity index (χ4v) is 5.18. The SMILES string of the molecule is Cc1c(C#N)cccc1C(Nc1cc(Cl)c2ncc(C#N)c(NCC(C)(C)C)c2c1)c1nnn(C2(C(F)F)CC2)c1F. The number of alkyl halides is 2. The van der Waals surface area contributed by atoms with Crippen LogP contribution in [-0.2, 0) is 5.54 Å². The van der Waals surface area contributed by atoms with E-state index in [4.69, 9.17) is 11.6 Å². The third-order valence-electron chi connectivity index (χ3n) is 7.46. The average Bonchev–Trinajstić information content (AvgIpc) is 3.66. The molecule has 1 fully saturated rings. The van der Waals surface area contributed by atoms with E-state index in [0.29, 0.717) is 55.8 Å². The highest BCUT2D eigenvalue weighted by Crippen LogP contribution is 2.49. The van der Waals surface area contributed by atoms with Crippen molar-refractivity contribution < 1.29 is 13.2 Å². The van der Waals surface area contributed by atoms with Gasteiger partial charge in [-0.3, -0.25) is 4.98 Å². The number of pyridine rings is 1. The zero-order chi connectivity index (χ0) is 30.4. The Morgan fingerprint density at radius 3 is 2.48 bits per heavy atom. The van der Waals surface area contributed by atoms with Crippen molar-refractivity contribution in [3.63, 3.8) is 0 Å². The summed E-state index contributed by atoms with van der Waals surface area (Å²) >= 11 is 6.67. The largest absolute Gasteiger partial charge is 0.383 e. The van der Waals surface area contributed by atoms with Gasteiger partial charge in [-0.25, -0.2) is 13.5 Å². The molecule has 5 rings (SSSR count). The lowest BCUT2D eigenvalue weighted by molar-refractivity contribution is 0.0524. The van der Waals surface area contributed by atoms with Gasteiger partial charge in [-0.1, -0.05) is 49.7 Å². The summed E-state index contributed by atoms with van der Waals surface area (Å²) in [5, 5.41) is 34.7. The standard InChI is InChI=1S/C30H28ClF3N8/c1-16-17(12-35)6-5-7-20(16)25(26-27(32)42(41-40-26)30(8-9-30)28(33)34)39-19-10-21-23(38-15-29(2,3)4)18(13-36)14-37-24(21)22(31)11-19/h5-7,10-11,14,25,28,39H,8-9,15H2,1-4H3,(H,37,38). The van der Waals surface area contributed by atoms with Gasteiger partial charge in [0.1, 0.15) is 23.3 Å². The summed E-state index contributed by atoms with van der Waals surface area (Å²) in [7, 11) is 0. The molecule has 0 spiro atoms. The minimum atomic E-state index is -2.81. The topological polar surface area (TPSA) is 115 Å². The molecule has 1 aliphatic rings. The number of anilines is 2. The Kier molecular flexibility index (Phi) is 7.50. The van der Waals surface area contributed by atoms with Gasteiger partial charge in [0.25, 0.3) is 6.43 Å². The molecule has 4 aromatic rings. The Balaban J connectivity index is 1.66. The molecule has 0 amide bonds. The summed E-state index contributed by atoms with van der Waals surface area (Å²) in [6.45, 7) is 8.44. The second-order valence-electron chi connectivity index (χ2n) is 11.7. The molecule has 1 aliphatic carbocycles. The molecular weight excluding hydrogens is 565 g/mol. The maximum atomic E-state index is 15.9. The lowest BCUT2D eigenvalue weighted by Crippen LogP contribution is -2.29. The van der Waals surface area contributed by atoms with E-state index in [0.717, 1.165) is 0 Å². The highest BCUT2D eigenvalue weighted by Gasteiger charge is 2.56. The van der Waals surface area contributed by atoms with Gasteiger partial charge in [0.05, 0.1) is 33.4 Å². The predicted octanol–water partition coefficient (Wildman–Crippen LogP) is 7.08. The number of fused-ring (bicyclic) bond motifs is 1. The lowest BCUT2D eigenvalue weighted by atomic mass is 9.95. The number of nitrogens with zero attached hydrogens (tertiary/aromatic N) is 6. The number of rotatable bonds is 8. The molecule has 1 unspecified atom stereocenters. The molecule has 0 radical (unpaired) electrons. The van der Waals surface area contributed by atoms with Crippen molar-refractivity contribution in [1.82, 2.24) is 20.0 Å². The molecule has 1 atom stereocenters. The number of benzene rings is 2. The van der Waals surface area contributed by atoms with Crippen LogP contribution in [0.4, 0.5) is 24.5 Å². The van der Waals surface area contributed by atoms with E-state index < -0.39 is 24.0 Å². The minimum Gasteiger partial charge on any atom is -0.383 e. The van der Waals surface area contributed by atoms with E-state index in [1.807, 2.05) is 0 Å². The minimum absolute atomic E-state index is 0.0876. The molecular formula is C30H28ClF3N8. The third kappa shape index (κ3) is 5.21. The summed E-state index contributed by atoms with van der Waals surface area (Å²) < 4.78 is 44.3. The van der Waals surface area contributed by atoms with E-state index >= 15 is 4.39 Å². The zero-order valence-corrected chi connectivity index (χ0v) is 24.2. The Morgan fingerprint density at radius 1 is 1.14 bits per heavy atom. The van der Waals surface area contributed by atoms with Crippen LogP contribution in [0.5, 0.6) is 0 Å². The first-order chi connectivity index (χ1) is 19.9. The Labute approximate surface area is 246 Å². The fraction of sp³-hybridized carbons (Fsp3) is 0.367. The van der Waals surface area contributed by atoms with Crippen molar-refractivity contribution in [2.75, 3.05) is 17.2 Å². The molecule has 1 saturated carbocycles. The summed E-state index contributed by atoms with van der Waals surface area (Å²) in [4.78, 5) is 4.38. The van der Waals surface area contributed by atoms with Crippen molar-refractivity contribution in [1.29, 1.82) is 10.5 Å². The van der Waals surface area contributed by atoms with Crippen molar-refractivity contribution >= 4 is 33.9 Å². The van der Waals surface area contributed by atoms with Crippen LogP contribution >= 0.6 is 11.6 Å². The summed E-state index contributed by atoms with van der Waals surface area (Å²) in [6.07, 6.45) is -1.18. The molecule has 0 bridgehead atoms. The van der Waals surface area contributed by atoms with Crippen LogP contribution in [0.1, 0.15) is 67.6 Å². The molecule has 42 heavy (non-hydrogen) atoms. The molecule has 2 aromatic carbocycles. The molecule has 8 nitrogen and oxygen atoms in total. The molecule has 2 heterocycles. The van der Waals surface area contributed by atoms with E-state index in [1.165, 1.54) is 6.20 Å². The van der Waals surface area contributed by atoms with Crippen LogP contribution in [0, 0.1) is 40.9 Å². The predicted molar refractivity (Wildman–Crippen MR) is 154 cm³/mol. The monoisotopic (exact) mass is 592 g/mol. The second kappa shape index (κ2) is 10.8. The fourth-order valence-electron chi connectivity index (χ4n) is 4.91. The average molecular weight is 593 g/mol. The van der Waals surface area contributed by atoms with Gasteiger partial charge in [-0.05, 0) is 54.5 Å². The molecule has 2 aromatic heterocycles. The van der Waals surface area contributed by atoms with Gasteiger partial charge >= 0.3 is 0 Å². The first kappa shape index (κ1) is 29.2. The quantitative estimate of drug-likeness (QED) is 0.224. The summed E-state index contributed by atoms with van der Waals surface area (Å²) in [6, 6.07) is 11.6. The first-order valence-electron chi connectivity index (χ1n) is 13.3. The lowest BCUT2D eigenvalue weighted by Gasteiger charge is -2.23. The second-order valence-corrected chi connectivity index (χ2v) is 12.1. The van der Waals surface area contributed by atoms with Crippen molar-refractivity contribution in [3.05, 3.63) is 75.4 Å². The normalized spacial score (nSPS) is 14.8. The smallest absolute Gasteiger partial charge is 0.263 e. The molecule has 0 saturated heterocycles. The maximum absolute atomic E-state index is 15.9. The summed E-state index contributed by atoms with van der Waals surface area (Å²) in [5.41, 5.74) is 1.18. The third-order valence-corrected chi connectivity index (χ3v) is 7.75. The van der Waals surface area contributed by atoms with Gasteiger partial charge < -0.3 is 10.6 Å². The molecule has 216 valence electrons. The van der Waals surface area contributed by atoms with Crippen LogP contribution in [0.25, 0.3) is 10.9 Å². The van der Waals surface area contributed by atoms with Gasteiger partial charge in [0, 0.05) is 23.8 Å². The Hall–Kier alpha value is -4.35. The number of aromatic nitrogens is 4. The van der Waals surface area contributed by atoms with Gasteiger partial charge in [-0.15, -0.1) is 5.10 Å². The van der Waals surface area contributed by atoms with Gasteiger partial charge in [0.2, 0.25) is 5.95 Å². The Bertz CT molecular complexity index is 1760. The van der Waals surface area contributed by atoms with Crippen LogP contribution in [0.3, 0.4) is 0 Å². The van der Waals surface area contributed by atoms with Crippen LogP contribution in [0.15, 0.2) is 36.5 Å². The van der Waals surface area contributed by atoms with Crippen LogP contribution in [-0.4, -0.2) is 32.9 Å². The summed E-state index contributed by atoms with van der Waals surface area (Å²) in [5.74, 6) is -0.986. The van der Waals surface area contributed by atoms with Gasteiger partial charge in [0.15, 0.2) is 0 Å². The van der Waals surface area contributed by atoms with E-state index in [1.54, 1.807) is 37.3 Å². The van der Waals surface area contributed by atoms with E-state index in [2.05, 4.69) is 58.8 Å². The highest BCUT2D eigenvalue weighted by molar-refractivity contribution is 6.35. The highest BCUT2D eigenvalue weighted by atomic mass is 35.5. The molecule has 12 heteroatoms. The van der Waals surface area contributed by atoms with Crippen LogP contribution < -0.4 is 10.6 Å². The van der Waals surface area contributed by atoms with Crippen molar-refractivity contribution in [2.24, 2.45) is 5.41 Å². The number of nitriles is 2. The number of nitrogens with one attached hydrogen (secondary N) is 2. The zero-order valence-electron chi connectivity index (χ0n) is 23.4.